The van der Waals surface area contributed by atoms with Gasteiger partial charge in [0.2, 0.25) is 9.84 Å². The lowest BCUT2D eigenvalue weighted by Crippen LogP contribution is -2.27. The summed E-state index contributed by atoms with van der Waals surface area (Å²) in [5.74, 6) is 0. The van der Waals surface area contributed by atoms with Crippen LogP contribution in [0.3, 0.4) is 0 Å². The number of aliphatic hydroxyl groups is 1. The van der Waals surface area contributed by atoms with Gasteiger partial charge in [0.1, 0.15) is 0 Å². The molecule has 8 nitrogen and oxygen atoms in total. The Morgan fingerprint density at radius 1 is 1.42 bits per heavy atom. The number of nitro groups is 1. The van der Waals surface area contributed by atoms with Gasteiger partial charge in [0.15, 0.2) is 5.44 Å². The molecule has 0 heterocycles. The summed E-state index contributed by atoms with van der Waals surface area (Å²) in [5, 5.41) is 22.7. The highest BCUT2D eigenvalue weighted by molar-refractivity contribution is 7.92. The van der Waals surface area contributed by atoms with Crippen molar-refractivity contribution >= 4 is 21.2 Å². The number of anilines is 1. The minimum atomic E-state index is -4.08. The predicted octanol–water partition coefficient (Wildman–Crippen LogP) is 0.423. The van der Waals surface area contributed by atoms with Crippen LogP contribution in [0.2, 0.25) is 0 Å². The van der Waals surface area contributed by atoms with E-state index in [1.165, 1.54) is 6.07 Å². The number of nitrogens with zero attached hydrogens (tertiary/aromatic N) is 1. The zero-order valence-electron chi connectivity index (χ0n) is 10.4. The van der Waals surface area contributed by atoms with Crippen LogP contribution in [0, 0.1) is 10.1 Å². The topological polar surface area (TPSA) is 136 Å². The number of hydrogen-bond acceptors (Lipinski definition) is 7. The van der Waals surface area contributed by atoms with E-state index in [0.29, 0.717) is 0 Å². The standard InChI is InChI=1S/C10H15N3O5S/c1-6(11)12-9-4-3-8(13(15)16)5-10(9)19(17,18)7(2)14/h3-7,12,14H,11H2,1-2H3. The van der Waals surface area contributed by atoms with E-state index in [0.717, 1.165) is 19.1 Å². The fourth-order valence-electron chi connectivity index (χ4n) is 1.41. The number of rotatable bonds is 5. The lowest BCUT2D eigenvalue weighted by molar-refractivity contribution is -0.385. The Kier molecular flexibility index (Phi) is 4.45. The van der Waals surface area contributed by atoms with Gasteiger partial charge in [-0.15, -0.1) is 0 Å². The monoisotopic (exact) mass is 289 g/mol. The predicted molar refractivity (Wildman–Crippen MR) is 69.2 cm³/mol. The van der Waals surface area contributed by atoms with Crippen LogP contribution in [0.1, 0.15) is 13.8 Å². The van der Waals surface area contributed by atoms with Crippen molar-refractivity contribution in [2.24, 2.45) is 5.73 Å². The third kappa shape index (κ3) is 3.40. The molecule has 0 amide bonds. The van der Waals surface area contributed by atoms with E-state index in [2.05, 4.69) is 5.32 Å². The Labute approximate surface area is 110 Å². The van der Waals surface area contributed by atoms with Crippen LogP contribution in [-0.2, 0) is 9.84 Å². The van der Waals surface area contributed by atoms with Crippen LogP contribution in [0.5, 0.6) is 0 Å². The van der Waals surface area contributed by atoms with E-state index >= 15 is 0 Å². The third-order valence-corrected chi connectivity index (χ3v) is 4.16. The maximum atomic E-state index is 12.0. The molecule has 0 fully saturated rings. The number of sulfone groups is 1. The van der Waals surface area contributed by atoms with Crippen LogP contribution < -0.4 is 11.1 Å². The van der Waals surface area contributed by atoms with Crippen molar-refractivity contribution in [3.63, 3.8) is 0 Å². The SMILES string of the molecule is CC(N)Nc1ccc([N+](=O)[O-])cc1S(=O)(=O)C(C)O. The average Bonchev–Trinajstić information content (AvgIpc) is 2.27. The zero-order chi connectivity index (χ0) is 14.8. The second kappa shape index (κ2) is 5.51. The number of non-ortho nitro benzene ring substituents is 1. The van der Waals surface area contributed by atoms with Gasteiger partial charge in [0, 0.05) is 12.1 Å². The Hall–Kier alpha value is -1.71. The lowest BCUT2D eigenvalue weighted by Gasteiger charge is -2.16. The van der Waals surface area contributed by atoms with Gasteiger partial charge < -0.3 is 16.2 Å². The van der Waals surface area contributed by atoms with Gasteiger partial charge >= 0.3 is 0 Å². The van der Waals surface area contributed by atoms with Gasteiger partial charge in [-0.1, -0.05) is 0 Å². The van der Waals surface area contributed by atoms with E-state index in [4.69, 9.17) is 5.73 Å². The molecule has 0 saturated heterocycles. The molecule has 2 atom stereocenters. The Bertz CT molecular complexity index is 583. The molecule has 0 radical (unpaired) electrons. The summed E-state index contributed by atoms with van der Waals surface area (Å²) in [6, 6.07) is 3.30. The Balaban J connectivity index is 3.47. The van der Waals surface area contributed by atoms with Gasteiger partial charge in [0.05, 0.1) is 21.7 Å². The molecule has 19 heavy (non-hydrogen) atoms. The van der Waals surface area contributed by atoms with Crippen LogP contribution in [0.4, 0.5) is 11.4 Å². The molecule has 4 N–H and O–H groups in total. The molecule has 1 aromatic rings. The molecular weight excluding hydrogens is 274 g/mol. The summed E-state index contributed by atoms with van der Waals surface area (Å²) >= 11 is 0. The molecule has 0 aliphatic rings. The normalized spacial score (nSPS) is 14.7. The minimum absolute atomic E-state index is 0.113. The maximum Gasteiger partial charge on any atom is 0.270 e. The molecule has 2 unspecified atom stereocenters. The number of aliphatic hydroxyl groups excluding tert-OH is 1. The van der Waals surface area contributed by atoms with E-state index < -0.39 is 26.4 Å². The van der Waals surface area contributed by atoms with Gasteiger partial charge in [-0.25, -0.2) is 8.42 Å². The summed E-state index contributed by atoms with van der Waals surface area (Å²) < 4.78 is 23.9. The third-order valence-electron chi connectivity index (χ3n) is 2.31. The molecule has 1 aromatic carbocycles. The Morgan fingerprint density at radius 3 is 2.42 bits per heavy atom. The largest absolute Gasteiger partial charge is 0.377 e. The number of nitro benzene ring substituents is 1. The van der Waals surface area contributed by atoms with Gasteiger partial charge in [-0.05, 0) is 19.9 Å². The smallest absolute Gasteiger partial charge is 0.270 e. The maximum absolute atomic E-state index is 12.0. The first-order valence-electron chi connectivity index (χ1n) is 5.38. The first kappa shape index (κ1) is 15.3. The molecule has 9 heteroatoms. The summed E-state index contributed by atoms with van der Waals surface area (Å²) in [5.41, 5.74) is 3.56. The summed E-state index contributed by atoms with van der Waals surface area (Å²) in [7, 11) is -4.08. The average molecular weight is 289 g/mol. The second-order valence-corrected chi connectivity index (χ2v) is 6.23. The van der Waals surface area contributed by atoms with Crippen LogP contribution in [0.25, 0.3) is 0 Å². The Morgan fingerprint density at radius 2 is 2.00 bits per heavy atom. The van der Waals surface area contributed by atoms with Gasteiger partial charge in [-0.3, -0.25) is 10.1 Å². The summed E-state index contributed by atoms with van der Waals surface area (Å²) in [6.07, 6.45) is -0.551. The number of nitrogens with two attached hydrogens (primary N) is 1. The van der Waals surface area contributed by atoms with Gasteiger partial charge in [-0.2, -0.15) is 0 Å². The zero-order valence-corrected chi connectivity index (χ0v) is 11.2. The van der Waals surface area contributed by atoms with Crippen molar-refractivity contribution in [2.45, 2.75) is 30.3 Å². The van der Waals surface area contributed by atoms with Crippen LogP contribution >= 0.6 is 0 Å². The van der Waals surface area contributed by atoms with Crippen molar-refractivity contribution in [3.05, 3.63) is 28.3 Å². The lowest BCUT2D eigenvalue weighted by atomic mass is 10.3. The van der Waals surface area contributed by atoms with E-state index in [1.54, 1.807) is 6.92 Å². The number of hydrogen-bond donors (Lipinski definition) is 3. The molecule has 106 valence electrons. The van der Waals surface area contributed by atoms with Crippen molar-refractivity contribution in [1.82, 2.24) is 0 Å². The van der Waals surface area contributed by atoms with Crippen molar-refractivity contribution < 1.29 is 18.4 Å². The van der Waals surface area contributed by atoms with Crippen molar-refractivity contribution in [2.75, 3.05) is 5.32 Å². The fraction of sp³-hybridized carbons (Fsp3) is 0.400. The summed E-state index contributed by atoms with van der Waals surface area (Å²) in [4.78, 5) is 9.62. The van der Waals surface area contributed by atoms with E-state index in [1.807, 2.05) is 0 Å². The number of benzene rings is 1. The second-order valence-electron chi connectivity index (χ2n) is 4.01. The molecule has 0 aliphatic carbocycles. The molecule has 1 rings (SSSR count). The van der Waals surface area contributed by atoms with Crippen LogP contribution in [-0.4, -0.2) is 30.0 Å². The van der Waals surface area contributed by atoms with Crippen LogP contribution in [0.15, 0.2) is 23.1 Å². The highest BCUT2D eigenvalue weighted by Gasteiger charge is 2.27. The fourth-order valence-corrected chi connectivity index (χ4v) is 2.49. The molecule has 0 bridgehead atoms. The van der Waals surface area contributed by atoms with E-state index in [-0.39, 0.29) is 16.3 Å². The molecule has 0 aliphatic heterocycles. The van der Waals surface area contributed by atoms with Crippen molar-refractivity contribution in [1.29, 1.82) is 0 Å². The van der Waals surface area contributed by atoms with E-state index in [9.17, 15) is 23.6 Å². The van der Waals surface area contributed by atoms with Crippen molar-refractivity contribution in [3.8, 4) is 0 Å². The molecule has 0 spiro atoms. The first-order valence-corrected chi connectivity index (χ1v) is 6.93. The molecule has 0 aromatic heterocycles. The first-order chi connectivity index (χ1) is 8.66. The highest BCUT2D eigenvalue weighted by atomic mass is 32.2. The highest BCUT2D eigenvalue weighted by Crippen LogP contribution is 2.28. The molecular formula is C10H15N3O5S. The summed E-state index contributed by atoms with van der Waals surface area (Å²) in [6.45, 7) is 2.66. The number of nitrogens with one attached hydrogen (secondary N) is 1. The molecule has 0 saturated carbocycles. The van der Waals surface area contributed by atoms with Gasteiger partial charge in [0.25, 0.3) is 5.69 Å². The quantitative estimate of drug-likeness (QED) is 0.406. The minimum Gasteiger partial charge on any atom is -0.377 e.